The van der Waals surface area contributed by atoms with Crippen molar-refractivity contribution in [3.63, 3.8) is 0 Å². The molecule has 0 aliphatic heterocycles. The fraction of sp³-hybridized carbons (Fsp3) is 1.00. The van der Waals surface area contributed by atoms with Crippen LogP contribution >= 0.6 is 0 Å². The molecule has 1 unspecified atom stereocenters. The molecular weight excluding hydrogens is 120 g/mol. The van der Waals surface area contributed by atoms with Crippen molar-refractivity contribution in [2.24, 2.45) is 0 Å². The van der Waals surface area contributed by atoms with Crippen LogP contribution in [-0.2, 0) is 0 Å². The Morgan fingerprint density at radius 2 is 1.78 bits per heavy atom. The molecule has 0 aromatic carbocycles. The van der Waals surface area contributed by atoms with Gasteiger partial charge in [0, 0.05) is 0 Å². The highest BCUT2D eigenvalue weighted by molar-refractivity contribution is 4.67. The van der Waals surface area contributed by atoms with Gasteiger partial charge < -0.3 is 20.8 Å². The predicted octanol–water partition coefficient (Wildman–Crippen LogP) is -1.90. The highest BCUT2D eigenvalue weighted by Gasteiger charge is 2.12. The first-order chi connectivity index (χ1) is 4.26. The van der Waals surface area contributed by atoms with E-state index < -0.39 is 6.10 Å². The zero-order chi connectivity index (χ0) is 7.28. The zero-order valence-electron chi connectivity index (χ0n) is 5.76. The van der Waals surface area contributed by atoms with Crippen molar-refractivity contribution < 1.29 is 10.2 Å². The Bertz CT molecular complexity index is 66.0. The quantitative estimate of drug-likeness (QED) is 0.339. The fourth-order valence-electron chi connectivity index (χ4n) is 0.635. The molecule has 0 fully saturated rings. The molecule has 4 N–H and O–H groups in total. The van der Waals surface area contributed by atoms with Crippen molar-refractivity contribution in [1.82, 2.24) is 10.6 Å². The van der Waals surface area contributed by atoms with E-state index in [1.807, 2.05) is 0 Å². The van der Waals surface area contributed by atoms with Crippen LogP contribution in [0.25, 0.3) is 0 Å². The minimum Gasteiger partial charge on any atom is -0.394 e. The van der Waals surface area contributed by atoms with Crippen LogP contribution in [-0.4, -0.2) is 43.2 Å². The van der Waals surface area contributed by atoms with Crippen molar-refractivity contribution in [1.29, 1.82) is 0 Å². The summed E-state index contributed by atoms with van der Waals surface area (Å²) in [5, 5.41) is 22.9. The smallest absolute Gasteiger partial charge is 0.105 e. The van der Waals surface area contributed by atoms with E-state index in [0.29, 0.717) is 0 Å². The molecule has 0 aromatic heterocycles. The van der Waals surface area contributed by atoms with Crippen molar-refractivity contribution in [2.45, 2.75) is 12.3 Å². The molecular formula is C5H14N2O2. The Kier molecular flexibility index (Phi) is 4.61. The Hall–Kier alpha value is -0.160. The Morgan fingerprint density at radius 1 is 1.33 bits per heavy atom. The van der Waals surface area contributed by atoms with Crippen LogP contribution in [0.1, 0.15) is 0 Å². The van der Waals surface area contributed by atoms with Gasteiger partial charge >= 0.3 is 0 Å². The second-order valence-electron chi connectivity index (χ2n) is 1.80. The average molecular weight is 134 g/mol. The van der Waals surface area contributed by atoms with Crippen molar-refractivity contribution >= 4 is 0 Å². The number of aliphatic hydroxyl groups excluding tert-OH is 2. The summed E-state index contributed by atoms with van der Waals surface area (Å²) in [5.41, 5.74) is 0. The van der Waals surface area contributed by atoms with Crippen molar-refractivity contribution in [2.75, 3.05) is 20.7 Å². The topological polar surface area (TPSA) is 64.5 Å². The van der Waals surface area contributed by atoms with Crippen LogP contribution in [0, 0.1) is 0 Å². The lowest BCUT2D eigenvalue weighted by Gasteiger charge is -2.19. The summed E-state index contributed by atoms with van der Waals surface area (Å²) in [4.78, 5) is 0. The third-order valence-electron chi connectivity index (χ3n) is 1.19. The summed E-state index contributed by atoms with van der Waals surface area (Å²) in [5.74, 6) is 0. The highest BCUT2D eigenvalue weighted by atomic mass is 16.3. The van der Waals surface area contributed by atoms with Crippen LogP contribution in [0.4, 0.5) is 0 Å². The van der Waals surface area contributed by atoms with E-state index >= 15 is 0 Å². The van der Waals surface area contributed by atoms with Crippen molar-refractivity contribution in [3.8, 4) is 0 Å². The molecule has 0 rings (SSSR count). The van der Waals surface area contributed by atoms with Gasteiger partial charge in [0.25, 0.3) is 0 Å². The molecule has 0 saturated heterocycles. The van der Waals surface area contributed by atoms with E-state index in [1.54, 1.807) is 14.1 Å². The number of likely N-dealkylation sites (N-methyl/N-ethyl adjacent to an activating group) is 2. The molecule has 0 amide bonds. The summed E-state index contributed by atoms with van der Waals surface area (Å²) in [6.45, 7) is -0.230. The lowest BCUT2D eigenvalue weighted by atomic mass is 10.3. The summed E-state index contributed by atoms with van der Waals surface area (Å²) in [7, 11) is 3.42. The SMILES string of the molecule is CNC(NC)C(O)CO. The van der Waals surface area contributed by atoms with Gasteiger partial charge in [-0.2, -0.15) is 0 Å². The average Bonchev–Trinajstić information content (AvgIpc) is 1.90. The zero-order valence-corrected chi connectivity index (χ0v) is 5.76. The maximum atomic E-state index is 8.94. The van der Waals surface area contributed by atoms with Crippen LogP contribution in [0.15, 0.2) is 0 Å². The third kappa shape index (κ3) is 2.76. The van der Waals surface area contributed by atoms with Crippen LogP contribution in [0.3, 0.4) is 0 Å². The summed E-state index contributed by atoms with van der Waals surface area (Å²) < 4.78 is 0. The lowest BCUT2D eigenvalue weighted by molar-refractivity contribution is 0.0570. The Morgan fingerprint density at radius 3 is 1.89 bits per heavy atom. The van der Waals surface area contributed by atoms with Gasteiger partial charge in [-0.3, -0.25) is 0 Å². The Labute approximate surface area is 54.9 Å². The van der Waals surface area contributed by atoms with Gasteiger partial charge in [-0.1, -0.05) is 0 Å². The van der Waals surface area contributed by atoms with Crippen molar-refractivity contribution in [3.05, 3.63) is 0 Å². The van der Waals surface area contributed by atoms with Crippen LogP contribution in [0.2, 0.25) is 0 Å². The molecule has 1 atom stereocenters. The van der Waals surface area contributed by atoms with E-state index in [4.69, 9.17) is 10.2 Å². The highest BCUT2D eigenvalue weighted by Crippen LogP contribution is 1.84. The first-order valence-electron chi connectivity index (χ1n) is 2.89. The number of hydrogen-bond donors (Lipinski definition) is 4. The normalized spacial score (nSPS) is 14.3. The lowest BCUT2D eigenvalue weighted by Crippen LogP contribution is -2.48. The van der Waals surface area contributed by atoms with E-state index in [-0.39, 0.29) is 12.8 Å². The molecule has 0 bridgehead atoms. The molecule has 0 aliphatic carbocycles. The second-order valence-corrected chi connectivity index (χ2v) is 1.80. The summed E-state index contributed by atoms with van der Waals surface area (Å²) in [6, 6.07) is 0. The van der Waals surface area contributed by atoms with Gasteiger partial charge in [0.1, 0.15) is 6.10 Å². The monoisotopic (exact) mass is 134 g/mol. The van der Waals surface area contributed by atoms with E-state index in [2.05, 4.69) is 10.6 Å². The molecule has 0 spiro atoms. The number of nitrogens with one attached hydrogen (secondary N) is 2. The van der Waals surface area contributed by atoms with Crippen LogP contribution < -0.4 is 10.6 Å². The minimum absolute atomic E-state index is 0.227. The first-order valence-corrected chi connectivity index (χ1v) is 2.89. The number of aliphatic hydroxyl groups is 2. The molecule has 4 nitrogen and oxygen atoms in total. The summed E-state index contributed by atoms with van der Waals surface area (Å²) in [6.07, 6.45) is -0.963. The van der Waals surface area contributed by atoms with Gasteiger partial charge in [-0.25, -0.2) is 0 Å². The largest absolute Gasteiger partial charge is 0.394 e. The maximum absolute atomic E-state index is 8.94. The van der Waals surface area contributed by atoms with Gasteiger partial charge in [0.2, 0.25) is 0 Å². The number of hydrogen-bond acceptors (Lipinski definition) is 4. The molecule has 9 heavy (non-hydrogen) atoms. The first kappa shape index (κ1) is 8.84. The van der Waals surface area contributed by atoms with E-state index in [9.17, 15) is 0 Å². The van der Waals surface area contributed by atoms with Gasteiger partial charge in [-0.15, -0.1) is 0 Å². The van der Waals surface area contributed by atoms with Gasteiger partial charge in [0.05, 0.1) is 12.8 Å². The third-order valence-corrected chi connectivity index (χ3v) is 1.19. The maximum Gasteiger partial charge on any atom is 0.105 e. The van der Waals surface area contributed by atoms with Gasteiger partial charge in [-0.05, 0) is 14.1 Å². The second kappa shape index (κ2) is 4.69. The van der Waals surface area contributed by atoms with E-state index in [0.717, 1.165) is 0 Å². The predicted molar refractivity (Wildman–Crippen MR) is 35.0 cm³/mol. The fourth-order valence-corrected chi connectivity index (χ4v) is 0.635. The molecule has 0 aromatic rings. The minimum atomic E-state index is -0.736. The van der Waals surface area contributed by atoms with Gasteiger partial charge in [0.15, 0.2) is 0 Å². The van der Waals surface area contributed by atoms with E-state index in [1.165, 1.54) is 0 Å². The number of rotatable bonds is 4. The standard InChI is InChI=1S/C5H14N2O2/c1-6-5(7-2)4(9)3-8/h4-9H,3H2,1-2H3. The molecule has 0 saturated carbocycles. The summed E-state index contributed by atoms with van der Waals surface area (Å²) >= 11 is 0. The van der Waals surface area contributed by atoms with Crippen LogP contribution in [0.5, 0.6) is 0 Å². The molecule has 4 heteroatoms. The molecule has 0 aliphatic rings. The molecule has 0 radical (unpaired) electrons. The molecule has 56 valence electrons. The Balaban J connectivity index is 3.50. The molecule has 0 heterocycles.